The van der Waals surface area contributed by atoms with Crippen LogP contribution in [0.5, 0.6) is 0 Å². The second kappa shape index (κ2) is 5.59. The molecule has 0 unspecified atom stereocenters. The molecule has 1 nitrogen and oxygen atoms in total. The zero-order valence-corrected chi connectivity index (χ0v) is 12.6. The third kappa shape index (κ3) is 2.66. The van der Waals surface area contributed by atoms with Gasteiger partial charge in [0.15, 0.2) is 0 Å². The Morgan fingerprint density at radius 1 is 0.950 bits per heavy atom. The van der Waals surface area contributed by atoms with Gasteiger partial charge in [0.05, 0.1) is 10.6 Å². The van der Waals surface area contributed by atoms with Crippen molar-refractivity contribution in [3.05, 3.63) is 76.3 Å². The summed E-state index contributed by atoms with van der Waals surface area (Å²) in [7, 11) is 0. The molecule has 0 N–H and O–H groups in total. The van der Waals surface area contributed by atoms with Gasteiger partial charge in [-0.1, -0.05) is 30.3 Å². The fourth-order valence-electron chi connectivity index (χ4n) is 2.34. The van der Waals surface area contributed by atoms with Gasteiger partial charge in [0.25, 0.3) is 0 Å². The first kappa shape index (κ1) is 13.1. The lowest BCUT2D eigenvalue weighted by molar-refractivity contribution is 1.15. The average molecular weight is 279 g/mol. The number of hydrogen-bond donors (Lipinski definition) is 0. The van der Waals surface area contributed by atoms with Gasteiger partial charge in [-0.3, -0.25) is 4.98 Å². The van der Waals surface area contributed by atoms with Gasteiger partial charge in [-0.25, -0.2) is 0 Å². The van der Waals surface area contributed by atoms with Crippen molar-refractivity contribution in [3.8, 4) is 10.6 Å². The Bertz CT molecular complexity index is 713. The van der Waals surface area contributed by atoms with Crippen LogP contribution in [0.2, 0.25) is 0 Å². The molecule has 0 aliphatic heterocycles. The van der Waals surface area contributed by atoms with Crippen LogP contribution in [0.3, 0.4) is 0 Å². The maximum absolute atomic E-state index is 4.44. The van der Waals surface area contributed by atoms with E-state index in [1.165, 1.54) is 26.4 Å². The molecule has 0 aliphatic rings. The molecule has 100 valence electrons. The predicted molar refractivity (Wildman–Crippen MR) is 86.3 cm³/mol. The van der Waals surface area contributed by atoms with E-state index in [9.17, 15) is 0 Å². The van der Waals surface area contributed by atoms with E-state index in [1.807, 2.05) is 29.7 Å². The predicted octanol–water partition coefficient (Wildman–Crippen LogP) is 5.02. The van der Waals surface area contributed by atoms with Gasteiger partial charge in [0.2, 0.25) is 0 Å². The molecule has 1 aromatic carbocycles. The van der Waals surface area contributed by atoms with Crippen molar-refractivity contribution in [2.75, 3.05) is 0 Å². The van der Waals surface area contributed by atoms with E-state index in [0.29, 0.717) is 0 Å². The number of thiophene rings is 1. The molecular weight excluding hydrogens is 262 g/mol. The summed E-state index contributed by atoms with van der Waals surface area (Å²) >= 11 is 1.83. The van der Waals surface area contributed by atoms with Crippen molar-refractivity contribution in [1.29, 1.82) is 0 Å². The third-order valence-electron chi connectivity index (χ3n) is 3.58. The first-order valence-electron chi connectivity index (χ1n) is 6.79. The minimum atomic E-state index is 1.00. The summed E-state index contributed by atoms with van der Waals surface area (Å²) in [5, 5.41) is 0. The fraction of sp³-hybridized carbons (Fsp3) is 0.167. The molecule has 20 heavy (non-hydrogen) atoms. The van der Waals surface area contributed by atoms with Crippen molar-refractivity contribution in [1.82, 2.24) is 4.98 Å². The lowest BCUT2D eigenvalue weighted by Crippen LogP contribution is -1.91. The molecule has 0 bridgehead atoms. The second-order valence-corrected chi connectivity index (χ2v) is 6.27. The number of aryl methyl sites for hydroxylation is 2. The van der Waals surface area contributed by atoms with Gasteiger partial charge in [-0.05, 0) is 55.2 Å². The van der Waals surface area contributed by atoms with Crippen LogP contribution in [0.4, 0.5) is 0 Å². The molecule has 2 aromatic heterocycles. The topological polar surface area (TPSA) is 12.9 Å². The van der Waals surface area contributed by atoms with Crippen molar-refractivity contribution in [2.24, 2.45) is 0 Å². The van der Waals surface area contributed by atoms with E-state index in [-0.39, 0.29) is 0 Å². The minimum Gasteiger partial charge on any atom is -0.255 e. The third-order valence-corrected chi connectivity index (χ3v) is 4.70. The minimum absolute atomic E-state index is 1.00. The van der Waals surface area contributed by atoms with E-state index in [2.05, 4.69) is 55.2 Å². The molecule has 0 saturated heterocycles. The van der Waals surface area contributed by atoms with Crippen LogP contribution in [0.1, 0.15) is 21.6 Å². The summed E-state index contributed by atoms with van der Waals surface area (Å²) in [5.74, 6) is 0. The summed E-state index contributed by atoms with van der Waals surface area (Å²) in [6.07, 6.45) is 2.85. The fourth-order valence-corrected chi connectivity index (χ4v) is 3.36. The summed E-state index contributed by atoms with van der Waals surface area (Å²) < 4.78 is 0. The Labute approximate surface area is 124 Å². The number of pyridine rings is 1. The number of aromatic nitrogens is 1. The van der Waals surface area contributed by atoms with Crippen LogP contribution in [0, 0.1) is 13.8 Å². The molecule has 0 spiro atoms. The number of nitrogens with zero attached hydrogens (tertiary/aromatic N) is 1. The maximum atomic E-state index is 4.44. The van der Waals surface area contributed by atoms with E-state index in [0.717, 1.165) is 12.1 Å². The Balaban J connectivity index is 1.92. The Hall–Kier alpha value is -1.93. The van der Waals surface area contributed by atoms with E-state index >= 15 is 0 Å². The van der Waals surface area contributed by atoms with Gasteiger partial charge in [0, 0.05) is 11.1 Å². The van der Waals surface area contributed by atoms with Crippen LogP contribution in [-0.4, -0.2) is 4.98 Å². The average Bonchev–Trinajstić information content (AvgIpc) is 2.84. The van der Waals surface area contributed by atoms with Crippen molar-refractivity contribution >= 4 is 11.3 Å². The highest BCUT2D eigenvalue weighted by molar-refractivity contribution is 7.15. The van der Waals surface area contributed by atoms with Crippen LogP contribution in [-0.2, 0) is 6.42 Å². The molecule has 0 atom stereocenters. The van der Waals surface area contributed by atoms with Gasteiger partial charge in [-0.15, -0.1) is 11.3 Å². The highest BCUT2D eigenvalue weighted by Gasteiger charge is 2.09. The summed E-state index contributed by atoms with van der Waals surface area (Å²) in [6.45, 7) is 4.38. The standard InChI is InChI=1S/C18H17NS/c1-13-7-3-4-8-15(13)11-16-12-18(20-14(16)2)17-9-5-6-10-19-17/h3-10,12H,11H2,1-2H3. The molecule has 0 aliphatic carbocycles. The van der Waals surface area contributed by atoms with Crippen LogP contribution >= 0.6 is 11.3 Å². The van der Waals surface area contributed by atoms with Crippen LogP contribution in [0.15, 0.2) is 54.7 Å². The Kier molecular flexibility index (Phi) is 3.66. The van der Waals surface area contributed by atoms with Gasteiger partial charge in [0.1, 0.15) is 0 Å². The van der Waals surface area contributed by atoms with E-state index < -0.39 is 0 Å². The molecule has 0 saturated carbocycles. The van der Waals surface area contributed by atoms with E-state index in [1.54, 1.807) is 0 Å². The lowest BCUT2D eigenvalue weighted by atomic mass is 10.0. The summed E-state index contributed by atoms with van der Waals surface area (Å²) in [6, 6.07) is 17.0. The molecular formula is C18H17NS. The Morgan fingerprint density at radius 2 is 1.75 bits per heavy atom. The largest absolute Gasteiger partial charge is 0.255 e. The smallest absolute Gasteiger partial charge is 0.0801 e. The lowest BCUT2D eigenvalue weighted by Gasteiger charge is -2.04. The molecule has 0 amide bonds. The number of benzene rings is 1. The first-order valence-corrected chi connectivity index (χ1v) is 7.61. The maximum Gasteiger partial charge on any atom is 0.0801 e. The second-order valence-electron chi connectivity index (χ2n) is 5.01. The van der Waals surface area contributed by atoms with Gasteiger partial charge in [-0.2, -0.15) is 0 Å². The monoisotopic (exact) mass is 279 g/mol. The van der Waals surface area contributed by atoms with Crippen LogP contribution in [0.25, 0.3) is 10.6 Å². The highest BCUT2D eigenvalue weighted by atomic mass is 32.1. The zero-order chi connectivity index (χ0) is 13.9. The first-order chi connectivity index (χ1) is 9.74. The molecule has 3 rings (SSSR count). The van der Waals surface area contributed by atoms with Crippen molar-refractivity contribution < 1.29 is 0 Å². The molecule has 2 heterocycles. The van der Waals surface area contributed by atoms with Gasteiger partial charge >= 0.3 is 0 Å². The summed E-state index contributed by atoms with van der Waals surface area (Å²) in [4.78, 5) is 7.08. The van der Waals surface area contributed by atoms with Crippen molar-refractivity contribution in [3.63, 3.8) is 0 Å². The van der Waals surface area contributed by atoms with Crippen LogP contribution < -0.4 is 0 Å². The van der Waals surface area contributed by atoms with Gasteiger partial charge < -0.3 is 0 Å². The number of hydrogen-bond acceptors (Lipinski definition) is 2. The quantitative estimate of drug-likeness (QED) is 0.656. The SMILES string of the molecule is Cc1ccccc1Cc1cc(-c2ccccn2)sc1C. The molecule has 2 heteroatoms. The van der Waals surface area contributed by atoms with Crippen molar-refractivity contribution in [2.45, 2.75) is 20.3 Å². The molecule has 0 fully saturated rings. The van der Waals surface area contributed by atoms with E-state index in [4.69, 9.17) is 0 Å². The highest BCUT2D eigenvalue weighted by Crippen LogP contribution is 2.31. The molecule has 3 aromatic rings. The summed E-state index contributed by atoms with van der Waals surface area (Å²) in [5.41, 5.74) is 5.24. The zero-order valence-electron chi connectivity index (χ0n) is 11.8. The normalized spacial score (nSPS) is 10.7. The number of rotatable bonds is 3. The Morgan fingerprint density at radius 3 is 2.50 bits per heavy atom. The molecule has 0 radical (unpaired) electrons.